The molecule has 5 heteroatoms. The van der Waals surface area contributed by atoms with Crippen molar-refractivity contribution in [3.8, 4) is 11.5 Å². The highest BCUT2D eigenvalue weighted by Crippen LogP contribution is 2.25. The van der Waals surface area contributed by atoms with Crippen molar-refractivity contribution in [3.05, 3.63) is 60.2 Å². The van der Waals surface area contributed by atoms with Gasteiger partial charge in [0, 0.05) is 5.75 Å². The summed E-state index contributed by atoms with van der Waals surface area (Å²) in [5.41, 5.74) is 1.22. The second-order valence-corrected chi connectivity index (χ2v) is 6.56. The summed E-state index contributed by atoms with van der Waals surface area (Å²) in [6.45, 7) is 2.79. The Labute approximate surface area is 147 Å². The number of amides is 1. The molecule has 0 aliphatic carbocycles. The van der Waals surface area contributed by atoms with E-state index in [9.17, 15) is 4.79 Å². The van der Waals surface area contributed by atoms with Crippen LogP contribution in [0.2, 0.25) is 0 Å². The van der Waals surface area contributed by atoms with Gasteiger partial charge in [0.15, 0.2) is 11.5 Å². The van der Waals surface area contributed by atoms with Crippen LogP contribution in [0.25, 0.3) is 0 Å². The van der Waals surface area contributed by atoms with Gasteiger partial charge in [-0.1, -0.05) is 42.5 Å². The summed E-state index contributed by atoms with van der Waals surface area (Å²) in [6, 6.07) is 17.6. The van der Waals surface area contributed by atoms with Crippen LogP contribution in [-0.2, 0) is 10.5 Å². The molecule has 0 saturated heterocycles. The zero-order chi connectivity index (χ0) is 17.2. The van der Waals surface area contributed by atoms with Crippen LogP contribution in [0.15, 0.2) is 54.6 Å². The summed E-state index contributed by atoms with van der Waals surface area (Å²) in [4.78, 5) is 12.1. The molecule has 1 N–H and O–H groups in total. The molecule has 0 aliphatic heterocycles. The Morgan fingerprint density at radius 2 is 1.75 bits per heavy atom. The van der Waals surface area contributed by atoms with Crippen molar-refractivity contribution in [2.45, 2.75) is 17.9 Å². The first-order chi connectivity index (χ1) is 11.7. The van der Waals surface area contributed by atoms with Gasteiger partial charge in [-0.05, 0) is 24.6 Å². The SMILES string of the molecule is COc1ccccc1OCCNC(=O)[C@@H](C)SCc1ccccc1. The van der Waals surface area contributed by atoms with Gasteiger partial charge < -0.3 is 14.8 Å². The third-order valence-electron chi connectivity index (χ3n) is 3.44. The highest BCUT2D eigenvalue weighted by molar-refractivity contribution is 7.99. The standard InChI is InChI=1S/C19H23NO3S/c1-15(24-14-16-8-4-3-5-9-16)19(21)20-12-13-23-18-11-7-6-10-17(18)22-2/h3-11,15H,12-14H2,1-2H3,(H,20,21)/t15-/m1/s1. The predicted molar refractivity (Wildman–Crippen MR) is 98.7 cm³/mol. The summed E-state index contributed by atoms with van der Waals surface area (Å²) in [5, 5.41) is 2.80. The molecule has 128 valence electrons. The molecule has 0 fully saturated rings. The molecule has 0 aliphatic rings. The normalized spacial score (nSPS) is 11.6. The van der Waals surface area contributed by atoms with Crippen LogP contribution >= 0.6 is 11.8 Å². The molecule has 0 heterocycles. The van der Waals surface area contributed by atoms with Gasteiger partial charge in [0.1, 0.15) is 6.61 Å². The zero-order valence-corrected chi connectivity index (χ0v) is 14.8. The van der Waals surface area contributed by atoms with Crippen molar-refractivity contribution < 1.29 is 14.3 Å². The Bertz CT molecular complexity index is 634. The van der Waals surface area contributed by atoms with E-state index < -0.39 is 0 Å². The molecule has 2 rings (SSSR count). The van der Waals surface area contributed by atoms with E-state index in [1.165, 1.54) is 5.56 Å². The fourth-order valence-corrected chi connectivity index (χ4v) is 2.96. The molecule has 0 spiro atoms. The lowest BCUT2D eigenvalue weighted by molar-refractivity contribution is -0.120. The lowest BCUT2D eigenvalue weighted by Gasteiger charge is -2.13. The molecule has 0 saturated carbocycles. The van der Waals surface area contributed by atoms with Crippen LogP contribution in [0.5, 0.6) is 11.5 Å². The molecule has 24 heavy (non-hydrogen) atoms. The van der Waals surface area contributed by atoms with Crippen LogP contribution < -0.4 is 14.8 Å². The summed E-state index contributed by atoms with van der Waals surface area (Å²) < 4.78 is 10.9. The Hall–Kier alpha value is -2.14. The Morgan fingerprint density at radius 3 is 2.46 bits per heavy atom. The minimum atomic E-state index is -0.100. The maximum atomic E-state index is 12.1. The van der Waals surface area contributed by atoms with E-state index >= 15 is 0 Å². The topological polar surface area (TPSA) is 47.6 Å². The van der Waals surface area contributed by atoms with Crippen molar-refractivity contribution >= 4 is 17.7 Å². The first-order valence-corrected chi connectivity index (χ1v) is 8.94. The van der Waals surface area contributed by atoms with Crippen LogP contribution in [0.4, 0.5) is 0 Å². The Kier molecular flexibility index (Phi) is 7.49. The summed E-state index contributed by atoms with van der Waals surface area (Å²) in [5.74, 6) is 2.23. The van der Waals surface area contributed by atoms with E-state index in [0.717, 1.165) is 5.75 Å². The average Bonchev–Trinajstić information content (AvgIpc) is 2.64. The van der Waals surface area contributed by atoms with E-state index in [2.05, 4.69) is 17.4 Å². The van der Waals surface area contributed by atoms with Crippen molar-refractivity contribution in [2.24, 2.45) is 0 Å². The van der Waals surface area contributed by atoms with Crippen LogP contribution in [0, 0.1) is 0 Å². The molecular formula is C19H23NO3S. The minimum absolute atomic E-state index is 0.0274. The zero-order valence-electron chi connectivity index (χ0n) is 14.0. The molecule has 1 amide bonds. The van der Waals surface area contributed by atoms with Gasteiger partial charge in [-0.2, -0.15) is 0 Å². The minimum Gasteiger partial charge on any atom is -0.493 e. The average molecular weight is 345 g/mol. The highest BCUT2D eigenvalue weighted by Gasteiger charge is 2.13. The highest BCUT2D eigenvalue weighted by atomic mass is 32.2. The monoisotopic (exact) mass is 345 g/mol. The number of para-hydroxylation sites is 2. The molecule has 0 bridgehead atoms. The van der Waals surface area contributed by atoms with Crippen molar-refractivity contribution in [1.29, 1.82) is 0 Å². The van der Waals surface area contributed by atoms with Gasteiger partial charge in [0.2, 0.25) is 5.91 Å². The summed E-state index contributed by atoms with van der Waals surface area (Å²) >= 11 is 1.63. The molecule has 2 aromatic rings. The summed E-state index contributed by atoms with van der Waals surface area (Å²) in [6.07, 6.45) is 0. The molecule has 0 radical (unpaired) electrons. The first-order valence-electron chi connectivity index (χ1n) is 7.89. The maximum Gasteiger partial charge on any atom is 0.232 e. The quantitative estimate of drug-likeness (QED) is 0.707. The molecule has 2 aromatic carbocycles. The molecule has 4 nitrogen and oxygen atoms in total. The van der Waals surface area contributed by atoms with Gasteiger partial charge in [-0.15, -0.1) is 11.8 Å². The van der Waals surface area contributed by atoms with Gasteiger partial charge >= 0.3 is 0 Å². The second kappa shape index (κ2) is 9.88. The number of hydrogen-bond donors (Lipinski definition) is 1. The summed E-state index contributed by atoms with van der Waals surface area (Å²) in [7, 11) is 1.61. The third-order valence-corrected chi connectivity index (χ3v) is 4.65. The Morgan fingerprint density at radius 1 is 1.08 bits per heavy atom. The number of carbonyl (C=O) groups is 1. The largest absolute Gasteiger partial charge is 0.493 e. The van der Waals surface area contributed by atoms with E-state index in [-0.39, 0.29) is 11.2 Å². The fourth-order valence-electron chi connectivity index (χ4n) is 2.09. The van der Waals surface area contributed by atoms with Crippen LogP contribution in [0.1, 0.15) is 12.5 Å². The number of methoxy groups -OCH3 is 1. The number of benzene rings is 2. The van der Waals surface area contributed by atoms with Crippen LogP contribution in [-0.4, -0.2) is 31.4 Å². The number of ether oxygens (including phenoxy) is 2. The maximum absolute atomic E-state index is 12.1. The molecular weight excluding hydrogens is 322 g/mol. The smallest absolute Gasteiger partial charge is 0.232 e. The van der Waals surface area contributed by atoms with E-state index in [0.29, 0.717) is 24.7 Å². The van der Waals surface area contributed by atoms with Crippen molar-refractivity contribution in [1.82, 2.24) is 5.32 Å². The van der Waals surface area contributed by atoms with Gasteiger partial charge in [-0.25, -0.2) is 0 Å². The van der Waals surface area contributed by atoms with Crippen molar-refractivity contribution in [3.63, 3.8) is 0 Å². The van der Waals surface area contributed by atoms with Gasteiger partial charge in [0.05, 0.1) is 18.9 Å². The van der Waals surface area contributed by atoms with E-state index in [4.69, 9.17) is 9.47 Å². The van der Waals surface area contributed by atoms with Crippen LogP contribution in [0.3, 0.4) is 0 Å². The number of hydrogen-bond acceptors (Lipinski definition) is 4. The van der Waals surface area contributed by atoms with Gasteiger partial charge in [0.25, 0.3) is 0 Å². The fraction of sp³-hybridized carbons (Fsp3) is 0.316. The number of thioether (sulfide) groups is 1. The lowest BCUT2D eigenvalue weighted by atomic mass is 10.2. The van der Waals surface area contributed by atoms with Gasteiger partial charge in [-0.3, -0.25) is 4.79 Å². The molecule has 1 atom stereocenters. The number of rotatable bonds is 9. The lowest BCUT2D eigenvalue weighted by Crippen LogP contribution is -2.34. The number of carbonyl (C=O) groups excluding carboxylic acids is 1. The van der Waals surface area contributed by atoms with Crippen molar-refractivity contribution in [2.75, 3.05) is 20.3 Å². The van der Waals surface area contributed by atoms with E-state index in [1.807, 2.05) is 49.4 Å². The predicted octanol–water partition coefficient (Wildman–Crippen LogP) is 3.51. The molecule has 0 aromatic heterocycles. The van der Waals surface area contributed by atoms with E-state index in [1.54, 1.807) is 18.9 Å². The third kappa shape index (κ3) is 5.81. The molecule has 0 unspecified atom stereocenters. The first kappa shape index (κ1) is 18.2. The number of nitrogens with one attached hydrogen (secondary N) is 1. The second-order valence-electron chi connectivity index (χ2n) is 5.23. The Balaban J connectivity index is 1.67.